The van der Waals surface area contributed by atoms with Crippen LogP contribution < -0.4 is 10.2 Å². The van der Waals surface area contributed by atoms with Crippen LogP contribution in [0.4, 0.5) is 10.5 Å². The summed E-state index contributed by atoms with van der Waals surface area (Å²) >= 11 is 0. The fraction of sp³-hybridized carbons (Fsp3) is 0.0833. The highest BCUT2D eigenvalue weighted by Gasteiger charge is 2.37. The van der Waals surface area contributed by atoms with Gasteiger partial charge >= 0.3 is 12.0 Å². The number of carbonyl (C=O) groups is 4. The van der Waals surface area contributed by atoms with Crippen LogP contribution in [-0.2, 0) is 9.59 Å². The van der Waals surface area contributed by atoms with Crippen molar-refractivity contribution in [2.24, 2.45) is 0 Å². The molecule has 0 saturated carbocycles. The summed E-state index contributed by atoms with van der Waals surface area (Å²) in [6.07, 6.45) is 1.25. The van der Waals surface area contributed by atoms with Crippen molar-refractivity contribution in [3.63, 3.8) is 0 Å². The fourth-order valence-corrected chi connectivity index (χ4v) is 3.51. The van der Waals surface area contributed by atoms with Crippen molar-refractivity contribution in [1.29, 1.82) is 0 Å². The molecule has 1 aliphatic rings. The molecular formula is C24H18N2O6. The van der Waals surface area contributed by atoms with E-state index in [1.807, 2.05) is 19.9 Å². The van der Waals surface area contributed by atoms with E-state index in [1.165, 1.54) is 18.2 Å². The van der Waals surface area contributed by atoms with Gasteiger partial charge in [0.15, 0.2) is 0 Å². The zero-order valence-corrected chi connectivity index (χ0v) is 17.2. The summed E-state index contributed by atoms with van der Waals surface area (Å²) < 4.78 is 5.70. The second-order valence-corrected chi connectivity index (χ2v) is 7.39. The van der Waals surface area contributed by atoms with E-state index in [2.05, 4.69) is 5.32 Å². The van der Waals surface area contributed by atoms with Crippen LogP contribution in [0, 0.1) is 13.8 Å². The Bertz CT molecular complexity index is 1300. The Morgan fingerprint density at radius 1 is 1.00 bits per heavy atom. The number of amides is 4. The number of imide groups is 2. The number of barbiturate groups is 1. The van der Waals surface area contributed by atoms with Crippen LogP contribution in [0.5, 0.6) is 0 Å². The van der Waals surface area contributed by atoms with Gasteiger partial charge in [0.05, 0.1) is 11.3 Å². The van der Waals surface area contributed by atoms with Crippen molar-refractivity contribution >= 4 is 35.6 Å². The monoisotopic (exact) mass is 430 g/mol. The van der Waals surface area contributed by atoms with Crippen LogP contribution in [-0.4, -0.2) is 28.9 Å². The Kier molecular flexibility index (Phi) is 5.19. The number of benzene rings is 2. The summed E-state index contributed by atoms with van der Waals surface area (Å²) in [5.74, 6) is -2.10. The van der Waals surface area contributed by atoms with Gasteiger partial charge in [0.1, 0.15) is 17.1 Å². The van der Waals surface area contributed by atoms with Crippen molar-refractivity contribution in [2.45, 2.75) is 13.8 Å². The molecule has 2 heterocycles. The second kappa shape index (κ2) is 7.99. The first-order valence-corrected chi connectivity index (χ1v) is 9.66. The van der Waals surface area contributed by atoms with Gasteiger partial charge in [-0.1, -0.05) is 18.2 Å². The summed E-state index contributed by atoms with van der Waals surface area (Å²) in [6, 6.07) is 13.8. The molecule has 2 N–H and O–H groups in total. The van der Waals surface area contributed by atoms with Crippen LogP contribution in [0.15, 0.2) is 64.6 Å². The average Bonchev–Trinajstić information content (AvgIpc) is 3.19. The minimum Gasteiger partial charge on any atom is -0.478 e. The van der Waals surface area contributed by atoms with Crippen LogP contribution in [0.2, 0.25) is 0 Å². The van der Waals surface area contributed by atoms with Crippen molar-refractivity contribution in [3.8, 4) is 11.3 Å². The number of carboxylic acids is 1. The van der Waals surface area contributed by atoms with Crippen molar-refractivity contribution in [2.75, 3.05) is 4.90 Å². The van der Waals surface area contributed by atoms with Gasteiger partial charge in [0.25, 0.3) is 11.8 Å². The number of aryl methyl sites for hydroxylation is 2. The van der Waals surface area contributed by atoms with Gasteiger partial charge in [0, 0.05) is 5.56 Å². The fourth-order valence-electron chi connectivity index (χ4n) is 3.51. The first-order chi connectivity index (χ1) is 15.2. The van der Waals surface area contributed by atoms with Gasteiger partial charge in [-0.15, -0.1) is 0 Å². The second-order valence-electron chi connectivity index (χ2n) is 7.39. The molecule has 0 bridgehead atoms. The molecule has 0 spiro atoms. The number of hydrogen-bond acceptors (Lipinski definition) is 5. The Balaban J connectivity index is 1.68. The lowest BCUT2D eigenvalue weighted by molar-refractivity contribution is -0.122. The zero-order chi connectivity index (χ0) is 23.0. The first kappa shape index (κ1) is 20.8. The predicted molar refractivity (Wildman–Crippen MR) is 116 cm³/mol. The molecule has 0 radical (unpaired) electrons. The largest absolute Gasteiger partial charge is 0.478 e. The maximum absolute atomic E-state index is 13.0. The molecule has 0 atom stereocenters. The number of furan rings is 1. The molecule has 8 heteroatoms. The molecule has 1 saturated heterocycles. The molecule has 2 aromatic carbocycles. The molecular weight excluding hydrogens is 412 g/mol. The van der Waals surface area contributed by atoms with Gasteiger partial charge in [-0.3, -0.25) is 14.9 Å². The van der Waals surface area contributed by atoms with E-state index in [4.69, 9.17) is 9.52 Å². The topological polar surface area (TPSA) is 117 Å². The van der Waals surface area contributed by atoms with E-state index in [9.17, 15) is 19.2 Å². The third-order valence-corrected chi connectivity index (χ3v) is 4.87. The molecule has 32 heavy (non-hydrogen) atoms. The number of hydrogen-bond donors (Lipinski definition) is 2. The van der Waals surface area contributed by atoms with E-state index < -0.39 is 23.8 Å². The van der Waals surface area contributed by atoms with Gasteiger partial charge < -0.3 is 9.52 Å². The molecule has 8 nitrogen and oxygen atoms in total. The maximum Gasteiger partial charge on any atom is 0.335 e. The summed E-state index contributed by atoms with van der Waals surface area (Å²) in [5.41, 5.74) is 2.45. The molecule has 3 aromatic rings. The van der Waals surface area contributed by atoms with Crippen molar-refractivity contribution in [1.82, 2.24) is 5.32 Å². The van der Waals surface area contributed by atoms with Crippen LogP contribution >= 0.6 is 0 Å². The lowest BCUT2D eigenvalue weighted by Crippen LogP contribution is -2.54. The summed E-state index contributed by atoms with van der Waals surface area (Å²) in [5, 5.41) is 11.3. The number of nitrogens with zero attached hydrogens (tertiary/aromatic N) is 1. The number of aromatic carboxylic acids is 1. The molecule has 1 aliphatic heterocycles. The molecule has 160 valence electrons. The third-order valence-electron chi connectivity index (χ3n) is 4.87. The van der Waals surface area contributed by atoms with Gasteiger partial charge in [-0.05, 0) is 67.4 Å². The van der Waals surface area contributed by atoms with Gasteiger partial charge in [0.2, 0.25) is 0 Å². The van der Waals surface area contributed by atoms with Crippen LogP contribution in [0.25, 0.3) is 17.4 Å². The Morgan fingerprint density at radius 2 is 1.72 bits per heavy atom. The molecule has 1 aromatic heterocycles. The van der Waals surface area contributed by atoms with Crippen molar-refractivity contribution in [3.05, 3.63) is 82.6 Å². The van der Waals surface area contributed by atoms with Gasteiger partial charge in [-0.2, -0.15) is 0 Å². The van der Waals surface area contributed by atoms with Crippen LogP contribution in [0.3, 0.4) is 0 Å². The average molecular weight is 430 g/mol. The van der Waals surface area contributed by atoms with E-state index in [0.717, 1.165) is 16.0 Å². The lowest BCUT2D eigenvalue weighted by Gasteiger charge is -2.26. The maximum atomic E-state index is 13.0. The summed E-state index contributed by atoms with van der Waals surface area (Å²) in [6.45, 7) is 3.68. The SMILES string of the molecule is Cc1cc(C)cc(N2C(=O)NC(=O)/C(=C/c3ccc(-c4cccc(C(=O)O)c4)o3)C2=O)c1. The number of carboxylic acid groups (broad SMARTS) is 1. The number of carbonyl (C=O) groups excluding carboxylic acids is 3. The Labute approximate surface area is 182 Å². The highest BCUT2D eigenvalue weighted by Crippen LogP contribution is 2.27. The standard InChI is InChI=1S/C24H18N2O6/c1-13-8-14(2)10-17(9-13)26-22(28)19(21(27)25-24(26)31)12-18-6-7-20(32-18)15-4-3-5-16(11-15)23(29)30/h3-12H,1-2H3,(H,29,30)(H,25,27,31)/b19-12-. The zero-order valence-electron chi connectivity index (χ0n) is 17.2. The molecule has 0 aliphatic carbocycles. The van der Waals surface area contributed by atoms with E-state index in [0.29, 0.717) is 17.0 Å². The molecule has 0 unspecified atom stereocenters. The minimum atomic E-state index is -1.07. The Morgan fingerprint density at radius 3 is 2.41 bits per heavy atom. The van der Waals surface area contributed by atoms with Gasteiger partial charge in [-0.25, -0.2) is 14.5 Å². The van der Waals surface area contributed by atoms with E-state index >= 15 is 0 Å². The summed E-state index contributed by atoms with van der Waals surface area (Å²) in [7, 11) is 0. The van der Waals surface area contributed by atoms with Crippen LogP contribution in [0.1, 0.15) is 27.2 Å². The normalized spacial score (nSPS) is 15.2. The smallest absolute Gasteiger partial charge is 0.335 e. The molecule has 1 fully saturated rings. The highest BCUT2D eigenvalue weighted by atomic mass is 16.4. The quantitative estimate of drug-likeness (QED) is 0.479. The molecule has 4 rings (SSSR count). The highest BCUT2D eigenvalue weighted by molar-refractivity contribution is 6.39. The third kappa shape index (κ3) is 3.93. The number of urea groups is 1. The number of rotatable bonds is 4. The number of nitrogens with one attached hydrogen (secondary N) is 1. The van der Waals surface area contributed by atoms with Crippen molar-refractivity contribution < 1.29 is 28.7 Å². The number of anilines is 1. The minimum absolute atomic E-state index is 0.100. The summed E-state index contributed by atoms with van der Waals surface area (Å²) in [4.78, 5) is 49.9. The predicted octanol–water partition coefficient (Wildman–Crippen LogP) is 3.93. The molecule has 4 amide bonds. The first-order valence-electron chi connectivity index (χ1n) is 9.66. The van der Waals surface area contributed by atoms with E-state index in [-0.39, 0.29) is 16.9 Å². The lowest BCUT2D eigenvalue weighted by atomic mass is 10.1. The Hall–Kier alpha value is -4.46. The van der Waals surface area contributed by atoms with E-state index in [1.54, 1.807) is 36.4 Å².